The molecule has 0 aromatic carbocycles. The SMILES string of the molecule is CCC1=C2CCC3=C(CC)C[C](=C3C)[Ti+2][C](=C2C)C1.[Cl-].[Cl-]. The molecular formula is C18H24Cl2Ti. The molecule has 2 aliphatic carbocycles. The van der Waals surface area contributed by atoms with Gasteiger partial charge in [0.05, 0.1) is 0 Å². The minimum atomic E-state index is -0.0198. The molecule has 0 unspecified atom stereocenters. The Kier molecular flexibility index (Phi) is 7.07. The summed E-state index contributed by atoms with van der Waals surface area (Å²) in [5.41, 5.74) is 10.4. The standard InChI is InChI=1S/C18H24.2ClH.Ti/c1-5-15-9-7-13(3)17(15)11-12-18-14(4)8-10-16(18)6-2;;;/h5-6,9-12H2,1-4H3;2*1H;/q;;;+2/p-2. The Morgan fingerprint density at radius 2 is 1.14 bits per heavy atom. The predicted octanol–water partition coefficient (Wildman–Crippen LogP) is -0.361. The number of hydrogen-bond acceptors (Lipinski definition) is 0. The second-order valence-electron chi connectivity index (χ2n) is 6.06. The number of hydrogen-bond donors (Lipinski definition) is 0. The second-order valence-corrected chi connectivity index (χ2v) is 8.33. The average Bonchev–Trinajstić information content (AvgIpc) is 2.88. The molecule has 0 N–H and O–H groups in total. The molecule has 21 heavy (non-hydrogen) atoms. The van der Waals surface area contributed by atoms with E-state index in [1.807, 2.05) is 7.76 Å². The summed E-state index contributed by atoms with van der Waals surface area (Å²) in [5, 5.41) is 0. The molecule has 0 atom stereocenters. The fourth-order valence-corrected chi connectivity index (χ4v) is 6.48. The van der Waals surface area contributed by atoms with Gasteiger partial charge in [0, 0.05) is 0 Å². The number of rotatable bonds is 2. The molecule has 0 nitrogen and oxygen atoms in total. The Morgan fingerprint density at radius 3 is 1.48 bits per heavy atom. The molecular weight excluding hydrogens is 335 g/mol. The molecule has 0 fully saturated rings. The van der Waals surface area contributed by atoms with Crippen molar-refractivity contribution in [2.75, 3.05) is 0 Å². The maximum Gasteiger partial charge on any atom is -1.00 e. The summed E-state index contributed by atoms with van der Waals surface area (Å²) in [6.45, 7) is 9.49. The third-order valence-corrected chi connectivity index (χ3v) is 7.89. The van der Waals surface area contributed by atoms with Crippen LogP contribution in [0, 0.1) is 0 Å². The van der Waals surface area contributed by atoms with Gasteiger partial charge in [0.2, 0.25) is 0 Å². The van der Waals surface area contributed by atoms with Gasteiger partial charge in [-0.3, -0.25) is 0 Å². The van der Waals surface area contributed by atoms with Crippen molar-refractivity contribution in [1.29, 1.82) is 0 Å². The second kappa shape index (κ2) is 7.69. The molecule has 0 radical (unpaired) electrons. The molecule has 1 heterocycles. The number of halogens is 2. The third-order valence-electron chi connectivity index (χ3n) is 5.22. The fourth-order valence-electron chi connectivity index (χ4n) is 3.91. The van der Waals surface area contributed by atoms with Crippen molar-refractivity contribution < 1.29 is 44.0 Å². The smallest absolute Gasteiger partial charge is 1.00 e. The van der Waals surface area contributed by atoms with Crippen molar-refractivity contribution in [1.82, 2.24) is 0 Å². The molecule has 0 aromatic heterocycles. The molecule has 3 rings (SSSR count). The van der Waals surface area contributed by atoms with Gasteiger partial charge in [-0.1, -0.05) is 0 Å². The topological polar surface area (TPSA) is 0 Å². The molecule has 4 bridgehead atoms. The van der Waals surface area contributed by atoms with Crippen LogP contribution in [0.5, 0.6) is 0 Å². The first-order valence-corrected chi connectivity index (χ1v) is 9.30. The summed E-state index contributed by atoms with van der Waals surface area (Å²) in [6, 6.07) is 0. The Labute approximate surface area is 151 Å². The Hall–Kier alpha value is 0.254. The van der Waals surface area contributed by atoms with E-state index in [-0.39, 0.29) is 44.0 Å². The first-order valence-electron chi connectivity index (χ1n) is 7.74. The van der Waals surface area contributed by atoms with Gasteiger partial charge in [0.25, 0.3) is 0 Å². The van der Waals surface area contributed by atoms with Crippen LogP contribution in [-0.2, 0) is 19.2 Å². The Bertz CT molecular complexity index is 512. The molecule has 0 aromatic rings. The van der Waals surface area contributed by atoms with Gasteiger partial charge in [0.1, 0.15) is 0 Å². The van der Waals surface area contributed by atoms with Crippen molar-refractivity contribution >= 4 is 0 Å². The van der Waals surface area contributed by atoms with Crippen LogP contribution in [0.15, 0.2) is 41.2 Å². The van der Waals surface area contributed by atoms with Crippen molar-refractivity contribution in [3.8, 4) is 0 Å². The van der Waals surface area contributed by atoms with Gasteiger partial charge in [0.15, 0.2) is 0 Å². The zero-order chi connectivity index (χ0) is 13.6. The van der Waals surface area contributed by atoms with E-state index in [4.69, 9.17) is 0 Å². The van der Waals surface area contributed by atoms with Crippen LogP contribution >= 0.6 is 0 Å². The van der Waals surface area contributed by atoms with Crippen LogP contribution in [0.3, 0.4) is 0 Å². The summed E-state index contributed by atoms with van der Waals surface area (Å²) < 4.78 is 3.69. The van der Waals surface area contributed by atoms with Crippen molar-refractivity contribution in [2.24, 2.45) is 0 Å². The van der Waals surface area contributed by atoms with E-state index in [9.17, 15) is 0 Å². The van der Waals surface area contributed by atoms with Gasteiger partial charge in [-0.2, -0.15) is 0 Å². The van der Waals surface area contributed by atoms with Gasteiger partial charge in [-0.25, -0.2) is 0 Å². The van der Waals surface area contributed by atoms with Gasteiger partial charge >= 0.3 is 127 Å². The molecule has 3 heteroatoms. The molecule has 1 aliphatic heterocycles. The minimum Gasteiger partial charge on any atom is -1.00 e. The molecule has 0 amide bonds. The van der Waals surface area contributed by atoms with Crippen molar-refractivity contribution in [3.05, 3.63) is 41.2 Å². The summed E-state index contributed by atoms with van der Waals surface area (Å²) in [7, 11) is 0. The summed E-state index contributed by atoms with van der Waals surface area (Å²) >= 11 is -0.0198. The van der Waals surface area contributed by atoms with Gasteiger partial charge in [-0.05, 0) is 0 Å². The number of fused-ring (bicyclic) bond motifs is 2. The van der Waals surface area contributed by atoms with Gasteiger partial charge in [-0.15, -0.1) is 0 Å². The molecule has 114 valence electrons. The average molecular weight is 359 g/mol. The van der Waals surface area contributed by atoms with E-state index in [1.165, 1.54) is 38.5 Å². The first-order chi connectivity index (χ1) is 9.15. The fraction of sp³-hybridized carbons (Fsp3) is 0.556. The molecule has 0 spiro atoms. The van der Waals surface area contributed by atoms with Crippen LogP contribution < -0.4 is 24.8 Å². The zero-order valence-corrected chi connectivity index (χ0v) is 16.6. The molecule has 0 saturated heterocycles. The third kappa shape index (κ3) is 3.30. The number of allylic oxidation sites excluding steroid dienone is 8. The van der Waals surface area contributed by atoms with E-state index in [1.54, 1.807) is 33.4 Å². The van der Waals surface area contributed by atoms with Crippen LogP contribution in [0.25, 0.3) is 0 Å². The quantitative estimate of drug-likeness (QED) is 0.591. The van der Waals surface area contributed by atoms with E-state index >= 15 is 0 Å². The largest absolute Gasteiger partial charge is 1.00 e. The van der Waals surface area contributed by atoms with Crippen molar-refractivity contribution in [3.63, 3.8) is 0 Å². The van der Waals surface area contributed by atoms with E-state index in [0.29, 0.717) is 0 Å². The molecule has 3 aliphatic rings. The van der Waals surface area contributed by atoms with Crippen LogP contribution in [0.2, 0.25) is 0 Å². The van der Waals surface area contributed by atoms with Crippen LogP contribution in [0.4, 0.5) is 0 Å². The summed E-state index contributed by atoms with van der Waals surface area (Å²) in [5.74, 6) is 0. The maximum absolute atomic E-state index is 2.40. The normalized spacial score (nSPS) is 20.4. The van der Waals surface area contributed by atoms with Crippen LogP contribution in [-0.4, -0.2) is 0 Å². The first kappa shape index (κ1) is 19.3. The Morgan fingerprint density at radius 1 is 0.762 bits per heavy atom. The monoisotopic (exact) mass is 358 g/mol. The van der Waals surface area contributed by atoms with E-state index in [2.05, 4.69) is 27.7 Å². The minimum absolute atomic E-state index is 0. The van der Waals surface area contributed by atoms with E-state index < -0.39 is 0 Å². The van der Waals surface area contributed by atoms with E-state index in [0.717, 1.165) is 0 Å². The maximum atomic E-state index is 2.40. The van der Waals surface area contributed by atoms with Gasteiger partial charge < -0.3 is 24.8 Å². The van der Waals surface area contributed by atoms with Crippen molar-refractivity contribution in [2.45, 2.75) is 66.2 Å². The Balaban J connectivity index is 0.00000110. The molecule has 0 saturated carbocycles. The summed E-state index contributed by atoms with van der Waals surface area (Å²) in [6.07, 6.45) is 7.78. The zero-order valence-electron chi connectivity index (χ0n) is 13.5. The van der Waals surface area contributed by atoms with Crippen LogP contribution in [0.1, 0.15) is 66.2 Å². The summed E-state index contributed by atoms with van der Waals surface area (Å²) in [4.78, 5) is 0. The predicted molar refractivity (Wildman–Crippen MR) is 78.5 cm³/mol.